The minimum atomic E-state index is -0.589. The quantitative estimate of drug-likeness (QED) is 0.665. The van der Waals surface area contributed by atoms with Crippen LogP contribution in [0.4, 0.5) is 4.79 Å². The third-order valence-electron chi connectivity index (χ3n) is 4.96. The first-order valence-electron chi connectivity index (χ1n) is 10.0. The van der Waals surface area contributed by atoms with Crippen LogP contribution in [-0.4, -0.2) is 18.6 Å². The molecule has 2 aromatic carbocycles. The summed E-state index contributed by atoms with van der Waals surface area (Å²) in [6.45, 7) is 10.1. The maximum atomic E-state index is 12.7. The van der Waals surface area contributed by atoms with Crippen LogP contribution >= 0.6 is 0 Å². The summed E-state index contributed by atoms with van der Waals surface area (Å²) in [6, 6.07) is 12.3. The number of benzene rings is 2. The fraction of sp³-hybridized carbons (Fsp3) is 0.333. The molecule has 0 radical (unpaired) electrons. The van der Waals surface area contributed by atoms with Crippen LogP contribution in [0.15, 0.2) is 53.7 Å². The standard InChI is InChI=1S/C24H28N2O4/c1-14(2)13-29-23(27)21-17(5)25-24(28)26-22(21)18-7-10-19(11-8-18)30-20-9-6-15(3)16(4)12-20/h6-12,14,22H,13H2,1-5H3,(H2,25,26,28). The SMILES string of the molecule is CC1=C(C(=O)OCC(C)C)C(c2ccc(Oc3ccc(C)c(C)c3)cc2)NC(=O)N1. The average molecular weight is 408 g/mol. The van der Waals surface area contributed by atoms with Gasteiger partial charge in [-0.05, 0) is 67.6 Å². The van der Waals surface area contributed by atoms with Gasteiger partial charge in [-0.3, -0.25) is 0 Å². The molecule has 1 unspecified atom stereocenters. The lowest BCUT2D eigenvalue weighted by Gasteiger charge is -2.28. The number of carbonyl (C=O) groups is 2. The van der Waals surface area contributed by atoms with E-state index in [2.05, 4.69) is 17.6 Å². The van der Waals surface area contributed by atoms with Crippen LogP contribution in [0, 0.1) is 19.8 Å². The number of hydrogen-bond acceptors (Lipinski definition) is 4. The van der Waals surface area contributed by atoms with Crippen molar-refractivity contribution in [3.8, 4) is 11.5 Å². The summed E-state index contributed by atoms with van der Waals surface area (Å²) in [6.07, 6.45) is 0. The summed E-state index contributed by atoms with van der Waals surface area (Å²) in [4.78, 5) is 24.7. The number of allylic oxidation sites excluding steroid dienone is 1. The first-order valence-corrected chi connectivity index (χ1v) is 10.0. The Bertz CT molecular complexity index is 977. The highest BCUT2D eigenvalue weighted by atomic mass is 16.5. The summed E-state index contributed by atoms with van der Waals surface area (Å²) < 4.78 is 11.3. The molecular formula is C24H28N2O4. The Morgan fingerprint density at radius 3 is 2.30 bits per heavy atom. The van der Waals surface area contributed by atoms with E-state index in [1.165, 1.54) is 5.56 Å². The lowest BCUT2D eigenvalue weighted by molar-refractivity contribution is -0.140. The lowest BCUT2D eigenvalue weighted by Crippen LogP contribution is -2.45. The molecule has 1 aliphatic rings. The number of ether oxygens (including phenoxy) is 2. The molecule has 2 amide bonds. The van der Waals surface area contributed by atoms with Gasteiger partial charge in [0.2, 0.25) is 0 Å². The Morgan fingerprint density at radius 2 is 1.67 bits per heavy atom. The van der Waals surface area contributed by atoms with Crippen molar-refractivity contribution in [3.05, 3.63) is 70.4 Å². The topological polar surface area (TPSA) is 76.7 Å². The number of esters is 1. The molecule has 6 nitrogen and oxygen atoms in total. The van der Waals surface area contributed by atoms with Crippen LogP contribution in [0.25, 0.3) is 0 Å². The maximum absolute atomic E-state index is 12.7. The highest BCUT2D eigenvalue weighted by Gasteiger charge is 2.32. The number of nitrogens with one attached hydrogen (secondary N) is 2. The zero-order valence-corrected chi connectivity index (χ0v) is 18.0. The number of carbonyl (C=O) groups excluding carboxylic acids is 2. The molecule has 0 saturated carbocycles. The van der Waals surface area contributed by atoms with Crippen molar-refractivity contribution in [2.24, 2.45) is 5.92 Å². The van der Waals surface area contributed by atoms with Gasteiger partial charge in [0.15, 0.2) is 0 Å². The van der Waals surface area contributed by atoms with Gasteiger partial charge in [0.1, 0.15) is 11.5 Å². The number of rotatable bonds is 6. The second-order valence-electron chi connectivity index (χ2n) is 7.98. The zero-order chi connectivity index (χ0) is 21.8. The summed E-state index contributed by atoms with van der Waals surface area (Å²) in [5.74, 6) is 1.22. The summed E-state index contributed by atoms with van der Waals surface area (Å²) in [5, 5.41) is 5.47. The van der Waals surface area contributed by atoms with E-state index in [0.717, 1.165) is 16.9 Å². The van der Waals surface area contributed by atoms with Crippen molar-refractivity contribution in [2.45, 2.75) is 40.7 Å². The maximum Gasteiger partial charge on any atom is 0.338 e. The predicted octanol–water partition coefficient (Wildman–Crippen LogP) is 4.92. The Balaban J connectivity index is 1.81. The third kappa shape index (κ3) is 5.00. The van der Waals surface area contributed by atoms with Gasteiger partial charge in [0.25, 0.3) is 0 Å². The number of hydrogen-bond donors (Lipinski definition) is 2. The van der Waals surface area contributed by atoms with Crippen molar-refractivity contribution < 1.29 is 19.1 Å². The largest absolute Gasteiger partial charge is 0.462 e. The second kappa shape index (κ2) is 9.03. The van der Waals surface area contributed by atoms with Crippen LogP contribution in [0.1, 0.15) is 43.5 Å². The Kier molecular flexibility index (Phi) is 6.45. The summed E-state index contributed by atoms with van der Waals surface area (Å²) in [7, 11) is 0. The van der Waals surface area contributed by atoms with Gasteiger partial charge in [-0.1, -0.05) is 32.0 Å². The molecule has 1 aliphatic heterocycles. The highest BCUT2D eigenvalue weighted by Crippen LogP contribution is 2.30. The molecule has 158 valence electrons. The molecular weight excluding hydrogens is 380 g/mol. The first-order chi connectivity index (χ1) is 14.2. The molecule has 0 bridgehead atoms. The Labute approximate surface area is 177 Å². The van der Waals surface area contributed by atoms with Gasteiger partial charge in [-0.15, -0.1) is 0 Å². The summed E-state index contributed by atoms with van der Waals surface area (Å²) in [5.41, 5.74) is 4.03. The van der Waals surface area contributed by atoms with E-state index in [0.29, 0.717) is 23.6 Å². The fourth-order valence-electron chi connectivity index (χ4n) is 3.18. The molecule has 30 heavy (non-hydrogen) atoms. The number of urea groups is 1. The molecule has 2 aromatic rings. The van der Waals surface area contributed by atoms with Gasteiger partial charge >= 0.3 is 12.0 Å². The van der Waals surface area contributed by atoms with Crippen LogP contribution in [0.2, 0.25) is 0 Å². The molecule has 0 saturated heterocycles. The first kappa shape index (κ1) is 21.4. The van der Waals surface area contributed by atoms with Crippen LogP contribution in [0.5, 0.6) is 11.5 Å². The van der Waals surface area contributed by atoms with Gasteiger partial charge in [0.05, 0.1) is 18.2 Å². The van der Waals surface area contributed by atoms with E-state index in [9.17, 15) is 9.59 Å². The van der Waals surface area contributed by atoms with Gasteiger partial charge in [0, 0.05) is 5.70 Å². The normalized spacial score (nSPS) is 16.2. The molecule has 1 atom stereocenters. The fourth-order valence-corrected chi connectivity index (χ4v) is 3.18. The van der Waals surface area contributed by atoms with Gasteiger partial charge in [-0.25, -0.2) is 9.59 Å². The van der Waals surface area contributed by atoms with Crippen molar-refractivity contribution in [2.75, 3.05) is 6.61 Å². The smallest absolute Gasteiger partial charge is 0.338 e. The molecule has 6 heteroatoms. The minimum absolute atomic E-state index is 0.223. The van der Waals surface area contributed by atoms with E-state index >= 15 is 0 Å². The molecule has 1 heterocycles. The van der Waals surface area contributed by atoms with E-state index in [1.807, 2.05) is 63.2 Å². The molecule has 0 fully saturated rings. The number of amides is 2. The van der Waals surface area contributed by atoms with Crippen molar-refractivity contribution in [3.63, 3.8) is 0 Å². The van der Waals surface area contributed by atoms with E-state index in [-0.39, 0.29) is 11.9 Å². The average Bonchev–Trinajstić information content (AvgIpc) is 2.69. The minimum Gasteiger partial charge on any atom is -0.462 e. The zero-order valence-electron chi connectivity index (χ0n) is 18.0. The van der Waals surface area contributed by atoms with Gasteiger partial charge in [-0.2, -0.15) is 0 Å². The van der Waals surface area contributed by atoms with Crippen molar-refractivity contribution in [1.29, 1.82) is 0 Å². The Morgan fingerprint density at radius 1 is 1.00 bits per heavy atom. The molecule has 3 rings (SSSR count). The third-order valence-corrected chi connectivity index (χ3v) is 4.96. The van der Waals surface area contributed by atoms with Crippen molar-refractivity contribution >= 4 is 12.0 Å². The van der Waals surface area contributed by atoms with E-state index < -0.39 is 12.0 Å². The van der Waals surface area contributed by atoms with E-state index in [4.69, 9.17) is 9.47 Å². The molecule has 0 aromatic heterocycles. The lowest BCUT2D eigenvalue weighted by atomic mass is 9.95. The monoisotopic (exact) mass is 408 g/mol. The number of aryl methyl sites for hydroxylation is 2. The second-order valence-corrected chi connectivity index (χ2v) is 7.98. The van der Waals surface area contributed by atoms with Crippen LogP contribution < -0.4 is 15.4 Å². The molecule has 0 spiro atoms. The highest BCUT2D eigenvalue weighted by molar-refractivity contribution is 5.95. The molecule has 0 aliphatic carbocycles. The molecule has 2 N–H and O–H groups in total. The predicted molar refractivity (Wildman–Crippen MR) is 115 cm³/mol. The Hall–Kier alpha value is -3.28. The van der Waals surface area contributed by atoms with E-state index in [1.54, 1.807) is 6.92 Å². The van der Waals surface area contributed by atoms with Crippen molar-refractivity contribution in [1.82, 2.24) is 10.6 Å². The van der Waals surface area contributed by atoms with Gasteiger partial charge < -0.3 is 20.1 Å². The summed E-state index contributed by atoms with van der Waals surface area (Å²) >= 11 is 0. The van der Waals surface area contributed by atoms with Crippen LogP contribution in [-0.2, 0) is 9.53 Å². The van der Waals surface area contributed by atoms with Crippen LogP contribution in [0.3, 0.4) is 0 Å².